The van der Waals surface area contributed by atoms with Crippen molar-refractivity contribution in [1.82, 2.24) is 0 Å². The average Bonchev–Trinajstić information content (AvgIpc) is 2.65. The van der Waals surface area contributed by atoms with Crippen LogP contribution in [0.15, 0.2) is 0 Å². The van der Waals surface area contributed by atoms with E-state index >= 15 is 0 Å². The molecule has 1 aliphatic carbocycles. The highest BCUT2D eigenvalue weighted by atomic mass is 16.4. The Morgan fingerprint density at radius 2 is 1.33 bits per heavy atom. The van der Waals surface area contributed by atoms with Crippen LogP contribution in [0, 0.1) is 16.7 Å². The van der Waals surface area contributed by atoms with E-state index in [1.807, 2.05) is 13.8 Å². The summed E-state index contributed by atoms with van der Waals surface area (Å²) in [4.78, 5) is 24.8. The van der Waals surface area contributed by atoms with Crippen LogP contribution in [0.1, 0.15) is 117 Å². The van der Waals surface area contributed by atoms with Crippen LogP contribution in [-0.4, -0.2) is 22.2 Å². The second kappa shape index (κ2) is 11.7. The normalized spacial score (nSPS) is 26.6. The number of carboxylic acid groups (broad SMARTS) is 2. The van der Waals surface area contributed by atoms with Crippen molar-refractivity contribution in [2.24, 2.45) is 16.7 Å². The minimum Gasteiger partial charge on any atom is -0.481 e. The fourth-order valence-electron chi connectivity index (χ4n) is 5.37. The predicted octanol–water partition coefficient (Wildman–Crippen LogP) is 6.67. The lowest BCUT2D eigenvalue weighted by Gasteiger charge is -2.51. The largest absolute Gasteiger partial charge is 0.481 e. The van der Waals surface area contributed by atoms with Crippen molar-refractivity contribution in [2.45, 2.75) is 117 Å². The van der Waals surface area contributed by atoms with Gasteiger partial charge >= 0.3 is 11.9 Å². The van der Waals surface area contributed by atoms with Gasteiger partial charge in [-0.05, 0) is 25.2 Å². The van der Waals surface area contributed by atoms with Crippen LogP contribution in [0.5, 0.6) is 0 Å². The van der Waals surface area contributed by atoms with Crippen molar-refractivity contribution >= 4 is 11.9 Å². The molecule has 4 heteroatoms. The summed E-state index contributed by atoms with van der Waals surface area (Å²) in [5.74, 6) is -1.90. The van der Waals surface area contributed by atoms with Crippen molar-refractivity contribution < 1.29 is 19.8 Å². The molecule has 0 bridgehead atoms. The van der Waals surface area contributed by atoms with Crippen LogP contribution in [-0.2, 0) is 9.59 Å². The maximum atomic E-state index is 12.4. The summed E-state index contributed by atoms with van der Waals surface area (Å²) in [5, 5.41) is 20.3. The molecule has 27 heavy (non-hydrogen) atoms. The molecule has 1 rings (SSSR count). The molecule has 0 aromatic carbocycles. The number of carbonyl (C=O) groups is 2. The summed E-state index contributed by atoms with van der Waals surface area (Å²) in [6.07, 6.45) is 14.5. The zero-order chi connectivity index (χ0) is 20.3. The minimum absolute atomic E-state index is 0.120. The van der Waals surface area contributed by atoms with Gasteiger partial charge in [0.15, 0.2) is 0 Å². The van der Waals surface area contributed by atoms with Crippen LogP contribution >= 0.6 is 0 Å². The zero-order valence-corrected chi connectivity index (χ0v) is 17.9. The fraction of sp³-hybridized carbons (Fsp3) is 0.913. The highest BCUT2D eigenvalue weighted by Gasteiger charge is 2.63. The first kappa shape index (κ1) is 24.0. The van der Waals surface area contributed by atoms with Crippen LogP contribution in [0.4, 0.5) is 0 Å². The van der Waals surface area contributed by atoms with E-state index in [4.69, 9.17) is 0 Å². The number of unbranched alkanes of at least 4 members (excludes halogenated alkanes) is 8. The quantitative estimate of drug-likeness (QED) is 0.329. The maximum absolute atomic E-state index is 12.4. The van der Waals surface area contributed by atoms with Gasteiger partial charge in [-0.3, -0.25) is 9.59 Å². The van der Waals surface area contributed by atoms with E-state index < -0.39 is 22.8 Å². The highest BCUT2D eigenvalue weighted by Crippen LogP contribution is 2.58. The average molecular weight is 383 g/mol. The topological polar surface area (TPSA) is 74.6 Å². The summed E-state index contributed by atoms with van der Waals surface area (Å²) in [6, 6.07) is 0. The molecule has 1 saturated carbocycles. The van der Waals surface area contributed by atoms with E-state index in [-0.39, 0.29) is 5.92 Å². The van der Waals surface area contributed by atoms with E-state index in [1.54, 1.807) is 0 Å². The molecule has 0 spiro atoms. The van der Waals surface area contributed by atoms with Gasteiger partial charge < -0.3 is 10.2 Å². The molecule has 0 aliphatic heterocycles. The van der Waals surface area contributed by atoms with E-state index in [1.165, 1.54) is 38.5 Å². The third-order valence-electron chi connectivity index (χ3n) is 7.23. The Hall–Kier alpha value is -1.06. The second-order valence-electron chi connectivity index (χ2n) is 8.76. The smallest absolute Gasteiger partial charge is 0.311 e. The Balaban J connectivity index is 2.72. The molecule has 0 heterocycles. The Morgan fingerprint density at radius 3 is 1.81 bits per heavy atom. The van der Waals surface area contributed by atoms with Gasteiger partial charge in [0.1, 0.15) is 0 Å². The Kier molecular flexibility index (Phi) is 10.4. The molecule has 1 aliphatic rings. The lowest BCUT2D eigenvalue weighted by atomic mass is 9.49. The molecule has 0 saturated heterocycles. The third-order valence-corrected chi connectivity index (χ3v) is 7.23. The van der Waals surface area contributed by atoms with Crippen molar-refractivity contribution in [3.63, 3.8) is 0 Å². The fourth-order valence-corrected chi connectivity index (χ4v) is 5.37. The molecule has 0 aromatic heterocycles. The van der Waals surface area contributed by atoms with Crippen LogP contribution in [0.3, 0.4) is 0 Å². The Bertz CT molecular complexity index is 461. The number of hydrogen-bond acceptors (Lipinski definition) is 2. The second-order valence-corrected chi connectivity index (χ2v) is 8.76. The monoisotopic (exact) mass is 382 g/mol. The summed E-state index contributed by atoms with van der Waals surface area (Å²) < 4.78 is 0. The van der Waals surface area contributed by atoms with E-state index in [0.717, 1.165) is 32.1 Å². The number of aliphatic carboxylic acids is 2. The summed E-state index contributed by atoms with van der Waals surface area (Å²) in [6.45, 7) is 6.14. The Labute approximate surface area is 166 Å². The first-order valence-electron chi connectivity index (χ1n) is 11.4. The standard InChI is InChI=1S/C23H42O4/c1-4-6-7-8-9-10-11-12-13-16-22(20(24)25)17-14-15-18-23(22,21(26)27)19(3)5-2/h19H,4-18H2,1-3H3,(H,24,25)(H,26,27). The van der Waals surface area contributed by atoms with Gasteiger partial charge in [0, 0.05) is 0 Å². The van der Waals surface area contributed by atoms with Gasteiger partial charge in [0.05, 0.1) is 10.8 Å². The van der Waals surface area contributed by atoms with Gasteiger partial charge in [-0.2, -0.15) is 0 Å². The van der Waals surface area contributed by atoms with Crippen molar-refractivity contribution in [1.29, 1.82) is 0 Å². The van der Waals surface area contributed by atoms with Gasteiger partial charge in [-0.15, -0.1) is 0 Å². The zero-order valence-electron chi connectivity index (χ0n) is 17.9. The van der Waals surface area contributed by atoms with Gasteiger partial charge in [-0.25, -0.2) is 0 Å². The predicted molar refractivity (Wildman–Crippen MR) is 110 cm³/mol. The number of rotatable bonds is 14. The van der Waals surface area contributed by atoms with Crippen molar-refractivity contribution in [3.8, 4) is 0 Å². The van der Waals surface area contributed by atoms with E-state index in [2.05, 4.69) is 6.92 Å². The molecular formula is C23H42O4. The first-order chi connectivity index (χ1) is 12.9. The van der Waals surface area contributed by atoms with Crippen LogP contribution in [0.25, 0.3) is 0 Å². The number of hydrogen-bond donors (Lipinski definition) is 2. The molecule has 0 amide bonds. The lowest BCUT2D eigenvalue weighted by molar-refractivity contribution is -0.188. The molecule has 3 unspecified atom stereocenters. The molecule has 1 fully saturated rings. The molecular weight excluding hydrogens is 340 g/mol. The number of carboxylic acids is 2. The molecule has 0 radical (unpaired) electrons. The Morgan fingerprint density at radius 1 is 0.815 bits per heavy atom. The maximum Gasteiger partial charge on any atom is 0.311 e. The molecule has 4 nitrogen and oxygen atoms in total. The van der Waals surface area contributed by atoms with Gasteiger partial charge in [-0.1, -0.05) is 97.8 Å². The summed E-state index contributed by atoms with van der Waals surface area (Å²) in [7, 11) is 0. The van der Waals surface area contributed by atoms with Crippen LogP contribution < -0.4 is 0 Å². The molecule has 0 aromatic rings. The summed E-state index contributed by atoms with van der Waals surface area (Å²) >= 11 is 0. The first-order valence-corrected chi connectivity index (χ1v) is 11.4. The van der Waals surface area contributed by atoms with Crippen molar-refractivity contribution in [2.75, 3.05) is 0 Å². The lowest BCUT2D eigenvalue weighted by Crippen LogP contribution is -2.57. The SMILES string of the molecule is CCCCCCCCCCCC1(C(=O)O)CCCCC1(C(=O)O)C(C)CC. The highest BCUT2D eigenvalue weighted by molar-refractivity contribution is 5.87. The summed E-state index contributed by atoms with van der Waals surface area (Å²) in [5.41, 5.74) is -2.22. The molecule has 158 valence electrons. The van der Waals surface area contributed by atoms with Gasteiger partial charge in [0.2, 0.25) is 0 Å². The van der Waals surface area contributed by atoms with Gasteiger partial charge in [0.25, 0.3) is 0 Å². The molecule has 2 N–H and O–H groups in total. The van der Waals surface area contributed by atoms with E-state index in [0.29, 0.717) is 25.7 Å². The van der Waals surface area contributed by atoms with Crippen molar-refractivity contribution in [3.05, 3.63) is 0 Å². The van der Waals surface area contributed by atoms with Crippen LogP contribution in [0.2, 0.25) is 0 Å². The minimum atomic E-state index is -1.12. The third kappa shape index (κ3) is 5.48. The van der Waals surface area contributed by atoms with E-state index in [9.17, 15) is 19.8 Å². The molecule has 3 atom stereocenters.